The highest BCUT2D eigenvalue weighted by molar-refractivity contribution is 6.30. The van der Waals surface area contributed by atoms with Gasteiger partial charge in [-0.15, -0.1) is 0 Å². The van der Waals surface area contributed by atoms with Gasteiger partial charge in [-0.2, -0.15) is 5.10 Å². The highest BCUT2D eigenvalue weighted by atomic mass is 35.5. The van der Waals surface area contributed by atoms with Gasteiger partial charge >= 0.3 is 6.03 Å². The Kier molecular flexibility index (Phi) is 5.05. The van der Waals surface area contributed by atoms with Gasteiger partial charge in [-0.25, -0.2) is 9.80 Å². The number of nitrogens with one attached hydrogen (secondary N) is 1. The number of imide groups is 1. The molecule has 0 unspecified atom stereocenters. The molecule has 3 aromatic rings. The summed E-state index contributed by atoms with van der Waals surface area (Å²) in [5, 5.41) is 8.98. The summed E-state index contributed by atoms with van der Waals surface area (Å²) >= 11 is 5.99. The van der Waals surface area contributed by atoms with Crippen molar-refractivity contribution in [3.05, 3.63) is 83.2 Å². The second-order valence-corrected chi connectivity index (χ2v) is 8.39. The summed E-state index contributed by atoms with van der Waals surface area (Å²) < 4.78 is 10.9. The minimum Gasteiger partial charge on any atom is -0.467 e. The molecule has 2 atom stereocenters. The van der Waals surface area contributed by atoms with Crippen molar-refractivity contribution < 1.29 is 23.2 Å². The molecular weight excluding hydrogens is 448 g/mol. The summed E-state index contributed by atoms with van der Waals surface area (Å²) in [6.45, 7) is 1.06. The molecule has 0 aliphatic carbocycles. The van der Waals surface area contributed by atoms with Gasteiger partial charge in [-0.05, 0) is 48.9 Å². The van der Waals surface area contributed by atoms with Crippen LogP contribution in [0.25, 0.3) is 0 Å². The van der Waals surface area contributed by atoms with Crippen molar-refractivity contribution in [3.63, 3.8) is 0 Å². The number of nitrogens with zero attached hydrogens (tertiary/aromatic N) is 3. The number of benzene rings is 1. The first-order valence-corrected chi connectivity index (χ1v) is 10.6. The lowest BCUT2D eigenvalue weighted by atomic mass is 9.99. The smallest absolute Gasteiger partial charge is 0.325 e. The third-order valence-corrected chi connectivity index (χ3v) is 6.05. The van der Waals surface area contributed by atoms with Crippen molar-refractivity contribution >= 4 is 35.2 Å². The number of carbonyl (C=O) groups excluding carboxylic acids is 3. The van der Waals surface area contributed by atoms with Gasteiger partial charge in [0.25, 0.3) is 11.8 Å². The van der Waals surface area contributed by atoms with Gasteiger partial charge in [0.1, 0.15) is 24.1 Å². The SMILES string of the molecule is C[C@@]1(c2ccco2)NC(=O)N(CC(=O)N2N=C(c3ccc(Cl)cc3)C[C@H]2c2ccco2)C1=O. The van der Waals surface area contributed by atoms with Crippen LogP contribution in [0.4, 0.5) is 4.79 Å². The van der Waals surface area contributed by atoms with Gasteiger partial charge in [0.2, 0.25) is 0 Å². The lowest BCUT2D eigenvalue weighted by Gasteiger charge is -2.23. The molecule has 0 spiro atoms. The second-order valence-electron chi connectivity index (χ2n) is 7.95. The third-order valence-electron chi connectivity index (χ3n) is 5.80. The van der Waals surface area contributed by atoms with Gasteiger partial charge in [0.05, 0.1) is 18.2 Å². The maximum Gasteiger partial charge on any atom is 0.325 e. The first-order valence-electron chi connectivity index (χ1n) is 10.2. The van der Waals surface area contributed by atoms with Crippen molar-refractivity contribution in [1.82, 2.24) is 15.2 Å². The van der Waals surface area contributed by atoms with Crippen LogP contribution in [0.2, 0.25) is 5.02 Å². The minimum absolute atomic E-state index is 0.286. The van der Waals surface area contributed by atoms with Gasteiger partial charge < -0.3 is 14.2 Å². The number of hydrazone groups is 1. The van der Waals surface area contributed by atoms with Crippen molar-refractivity contribution in [2.75, 3.05) is 6.54 Å². The average Bonchev–Trinajstić information content (AvgIpc) is 3.59. The molecule has 4 heterocycles. The first-order chi connectivity index (χ1) is 15.9. The topological polar surface area (TPSA) is 108 Å². The quantitative estimate of drug-likeness (QED) is 0.577. The molecule has 33 heavy (non-hydrogen) atoms. The van der Waals surface area contributed by atoms with E-state index >= 15 is 0 Å². The number of halogens is 1. The predicted octanol–water partition coefficient (Wildman–Crippen LogP) is 3.67. The van der Waals surface area contributed by atoms with Crippen LogP contribution in [-0.2, 0) is 15.1 Å². The Bertz CT molecular complexity index is 1240. The van der Waals surface area contributed by atoms with E-state index in [4.69, 9.17) is 20.4 Å². The number of furan rings is 2. The van der Waals surface area contributed by atoms with E-state index in [0.29, 0.717) is 22.9 Å². The van der Waals surface area contributed by atoms with E-state index in [1.807, 2.05) is 12.1 Å². The molecular formula is C23H19ClN4O5. The fourth-order valence-electron chi connectivity index (χ4n) is 4.04. The highest BCUT2D eigenvalue weighted by Gasteiger charge is 2.52. The Morgan fingerprint density at radius 1 is 1.15 bits per heavy atom. The highest BCUT2D eigenvalue weighted by Crippen LogP contribution is 2.34. The van der Waals surface area contributed by atoms with Crippen molar-refractivity contribution in [2.45, 2.75) is 24.9 Å². The standard InChI is InChI=1S/C23H19ClN4O5/c1-23(19-5-3-11-33-19)21(30)27(22(31)25-23)13-20(29)28-17(18-4-2-10-32-18)12-16(26-28)14-6-8-15(24)9-7-14/h2-11,17H,12-13H2,1H3,(H,25,31)/t17-,23-/m0/s1. The molecule has 0 radical (unpaired) electrons. The van der Waals surface area contributed by atoms with Crippen LogP contribution in [0.15, 0.2) is 75.0 Å². The van der Waals surface area contributed by atoms with Gasteiger partial charge in [-0.1, -0.05) is 23.7 Å². The van der Waals surface area contributed by atoms with Crippen LogP contribution >= 0.6 is 11.6 Å². The summed E-state index contributed by atoms with van der Waals surface area (Å²) in [4.78, 5) is 39.8. The molecule has 2 aliphatic rings. The Morgan fingerprint density at radius 2 is 1.88 bits per heavy atom. The fourth-order valence-corrected chi connectivity index (χ4v) is 4.16. The van der Waals surface area contributed by atoms with Gasteiger partial charge in [0, 0.05) is 11.4 Å². The molecule has 1 saturated heterocycles. The minimum atomic E-state index is -1.38. The van der Waals surface area contributed by atoms with Crippen LogP contribution in [0.1, 0.15) is 36.5 Å². The van der Waals surface area contributed by atoms with Crippen LogP contribution < -0.4 is 5.32 Å². The number of amides is 4. The lowest BCUT2D eigenvalue weighted by Crippen LogP contribution is -2.43. The summed E-state index contributed by atoms with van der Waals surface area (Å²) in [7, 11) is 0. The molecule has 168 valence electrons. The van der Waals surface area contributed by atoms with Crippen molar-refractivity contribution in [1.29, 1.82) is 0 Å². The van der Waals surface area contributed by atoms with Crippen LogP contribution in [-0.4, -0.2) is 40.0 Å². The van der Waals surface area contributed by atoms with E-state index in [9.17, 15) is 14.4 Å². The number of carbonyl (C=O) groups is 3. The third kappa shape index (κ3) is 3.60. The molecule has 1 fully saturated rings. The van der Waals surface area contributed by atoms with Crippen molar-refractivity contribution in [3.8, 4) is 0 Å². The summed E-state index contributed by atoms with van der Waals surface area (Å²) in [5.74, 6) is -0.263. The monoisotopic (exact) mass is 466 g/mol. The van der Waals surface area contributed by atoms with Crippen LogP contribution in [0, 0.1) is 0 Å². The summed E-state index contributed by atoms with van der Waals surface area (Å²) in [5.41, 5.74) is 0.0926. The summed E-state index contributed by atoms with van der Waals surface area (Å²) in [6, 6.07) is 12.7. The van der Waals surface area contributed by atoms with E-state index in [0.717, 1.165) is 10.5 Å². The zero-order valence-corrected chi connectivity index (χ0v) is 18.3. The zero-order chi connectivity index (χ0) is 23.2. The number of hydrogen-bond acceptors (Lipinski definition) is 6. The largest absolute Gasteiger partial charge is 0.467 e. The number of urea groups is 1. The van der Waals surface area contributed by atoms with Crippen LogP contribution in [0.5, 0.6) is 0 Å². The Balaban J connectivity index is 1.41. The average molecular weight is 467 g/mol. The molecule has 2 aromatic heterocycles. The Morgan fingerprint density at radius 3 is 2.55 bits per heavy atom. The molecule has 0 bridgehead atoms. The summed E-state index contributed by atoms with van der Waals surface area (Å²) in [6.07, 6.45) is 3.34. The molecule has 4 amide bonds. The van der Waals surface area contributed by atoms with Crippen molar-refractivity contribution in [2.24, 2.45) is 5.10 Å². The van der Waals surface area contributed by atoms with E-state index in [1.165, 1.54) is 24.5 Å². The maximum absolute atomic E-state index is 13.3. The molecule has 9 nitrogen and oxygen atoms in total. The number of hydrogen-bond donors (Lipinski definition) is 1. The molecule has 10 heteroatoms. The molecule has 1 aromatic carbocycles. The van der Waals surface area contributed by atoms with Gasteiger partial charge in [0.15, 0.2) is 5.54 Å². The molecule has 1 N–H and O–H groups in total. The molecule has 2 aliphatic heterocycles. The van der Waals surface area contributed by atoms with E-state index < -0.39 is 36.0 Å². The Hall–Kier alpha value is -3.85. The van der Waals surface area contributed by atoms with E-state index in [-0.39, 0.29) is 5.76 Å². The first kappa shape index (κ1) is 21.0. The zero-order valence-electron chi connectivity index (χ0n) is 17.5. The molecule has 5 rings (SSSR count). The number of rotatable bonds is 5. The van der Waals surface area contributed by atoms with Crippen LogP contribution in [0.3, 0.4) is 0 Å². The van der Waals surface area contributed by atoms with Gasteiger partial charge in [-0.3, -0.25) is 14.5 Å². The Labute approximate surface area is 193 Å². The maximum atomic E-state index is 13.3. The fraction of sp³-hybridized carbons (Fsp3) is 0.217. The predicted molar refractivity (Wildman–Crippen MR) is 117 cm³/mol. The molecule has 0 saturated carbocycles. The van der Waals surface area contributed by atoms with E-state index in [2.05, 4.69) is 10.4 Å². The second kappa shape index (κ2) is 7.93. The lowest BCUT2D eigenvalue weighted by molar-refractivity contribution is -0.140. The van der Waals surface area contributed by atoms with E-state index in [1.54, 1.807) is 36.4 Å². The normalized spacial score (nSPS) is 22.6.